The maximum Gasteiger partial charge on any atom is 0.321 e. The van der Waals surface area contributed by atoms with Crippen molar-refractivity contribution in [2.24, 2.45) is 5.92 Å². The summed E-state index contributed by atoms with van der Waals surface area (Å²) in [5.74, 6) is 1.81. The van der Waals surface area contributed by atoms with E-state index in [2.05, 4.69) is 19.9 Å². The van der Waals surface area contributed by atoms with Crippen LogP contribution in [0.15, 0.2) is 36.8 Å². The third-order valence-electron chi connectivity index (χ3n) is 5.55. The third-order valence-corrected chi connectivity index (χ3v) is 5.55. The summed E-state index contributed by atoms with van der Waals surface area (Å²) in [7, 11) is 4.64. The second-order valence-corrected chi connectivity index (χ2v) is 7.54. The Labute approximate surface area is 180 Å². The van der Waals surface area contributed by atoms with Crippen LogP contribution in [0.1, 0.15) is 12.8 Å². The summed E-state index contributed by atoms with van der Waals surface area (Å²) in [6.45, 7) is 2.17. The maximum atomic E-state index is 13.0. The highest BCUT2D eigenvalue weighted by Gasteiger charge is 2.25. The first-order valence-corrected chi connectivity index (χ1v) is 10.2. The van der Waals surface area contributed by atoms with Crippen molar-refractivity contribution in [3.63, 3.8) is 0 Å². The SMILES string of the molecule is COc1cc(NC(=O)N2CCCC(Cn3cnc4cccnc43)C2)cc(OC)c1OC. The number of benzene rings is 1. The molecule has 0 aliphatic carbocycles. The molecule has 1 atom stereocenters. The molecule has 1 aromatic carbocycles. The van der Waals surface area contributed by atoms with E-state index in [9.17, 15) is 4.79 Å². The number of imidazole rings is 1. The number of aromatic nitrogens is 3. The maximum absolute atomic E-state index is 13.0. The van der Waals surface area contributed by atoms with Gasteiger partial charge in [0.1, 0.15) is 5.52 Å². The van der Waals surface area contributed by atoms with E-state index in [0.29, 0.717) is 35.4 Å². The highest BCUT2D eigenvalue weighted by Crippen LogP contribution is 2.40. The van der Waals surface area contributed by atoms with Gasteiger partial charge in [0.05, 0.1) is 33.3 Å². The molecular weight excluding hydrogens is 398 g/mol. The van der Waals surface area contributed by atoms with Crippen LogP contribution in [0.5, 0.6) is 17.2 Å². The van der Waals surface area contributed by atoms with E-state index >= 15 is 0 Å². The topological polar surface area (TPSA) is 90.7 Å². The fourth-order valence-corrected chi connectivity index (χ4v) is 4.06. The van der Waals surface area contributed by atoms with Gasteiger partial charge in [0.2, 0.25) is 5.75 Å². The molecule has 1 aliphatic heterocycles. The molecule has 4 rings (SSSR count). The number of methoxy groups -OCH3 is 3. The Morgan fingerprint density at radius 1 is 1.16 bits per heavy atom. The van der Waals surface area contributed by atoms with Crippen molar-refractivity contribution in [3.8, 4) is 17.2 Å². The zero-order valence-electron chi connectivity index (χ0n) is 18.0. The molecule has 0 saturated carbocycles. The van der Waals surface area contributed by atoms with Crippen molar-refractivity contribution in [3.05, 3.63) is 36.8 Å². The van der Waals surface area contributed by atoms with Gasteiger partial charge in [-0.15, -0.1) is 0 Å². The molecule has 164 valence electrons. The summed E-state index contributed by atoms with van der Waals surface area (Å²) < 4.78 is 18.2. The number of carbonyl (C=O) groups is 1. The van der Waals surface area contributed by atoms with Crippen LogP contribution in [0.2, 0.25) is 0 Å². The predicted octanol–water partition coefficient (Wildman–Crippen LogP) is 3.40. The Bertz CT molecular complexity index is 1040. The quantitative estimate of drug-likeness (QED) is 0.651. The lowest BCUT2D eigenvalue weighted by atomic mass is 9.98. The van der Waals surface area contributed by atoms with Crippen molar-refractivity contribution in [2.75, 3.05) is 39.7 Å². The minimum Gasteiger partial charge on any atom is -0.493 e. The standard InChI is InChI=1S/C22H27N5O4/c1-29-18-10-16(11-19(30-2)20(18)31-3)25-22(28)26-9-5-6-15(12-26)13-27-14-24-17-7-4-8-23-21(17)27/h4,7-8,10-11,14-15H,5-6,9,12-13H2,1-3H3,(H,25,28). The molecule has 1 saturated heterocycles. The summed E-state index contributed by atoms with van der Waals surface area (Å²) in [6.07, 6.45) is 5.61. The van der Waals surface area contributed by atoms with Crippen molar-refractivity contribution in [2.45, 2.75) is 19.4 Å². The van der Waals surface area contributed by atoms with Gasteiger partial charge in [-0.05, 0) is 30.9 Å². The zero-order valence-corrected chi connectivity index (χ0v) is 18.0. The number of amides is 2. The summed E-state index contributed by atoms with van der Waals surface area (Å²) in [6, 6.07) is 7.15. The van der Waals surface area contributed by atoms with Crippen molar-refractivity contribution >= 4 is 22.9 Å². The fraction of sp³-hybridized carbons (Fsp3) is 0.409. The molecule has 0 spiro atoms. The summed E-state index contributed by atoms with van der Waals surface area (Å²) in [5, 5.41) is 2.96. The lowest BCUT2D eigenvalue weighted by Crippen LogP contribution is -2.43. The van der Waals surface area contributed by atoms with E-state index in [0.717, 1.165) is 37.1 Å². The minimum atomic E-state index is -0.146. The van der Waals surface area contributed by atoms with Crippen LogP contribution >= 0.6 is 0 Å². The molecule has 0 bridgehead atoms. The lowest BCUT2D eigenvalue weighted by Gasteiger charge is -2.33. The van der Waals surface area contributed by atoms with Gasteiger partial charge < -0.3 is 29.0 Å². The predicted molar refractivity (Wildman–Crippen MR) is 117 cm³/mol. The van der Waals surface area contributed by atoms with Crippen molar-refractivity contribution in [1.82, 2.24) is 19.4 Å². The molecule has 9 heteroatoms. The number of nitrogens with zero attached hydrogens (tertiary/aromatic N) is 4. The van der Waals surface area contributed by atoms with Gasteiger partial charge in [-0.25, -0.2) is 14.8 Å². The Morgan fingerprint density at radius 3 is 2.65 bits per heavy atom. The highest BCUT2D eigenvalue weighted by atomic mass is 16.5. The number of carbonyl (C=O) groups excluding carboxylic acids is 1. The molecule has 1 unspecified atom stereocenters. The molecule has 2 amide bonds. The Hall–Kier alpha value is -3.49. The molecule has 1 fully saturated rings. The van der Waals surface area contributed by atoms with Crippen LogP contribution < -0.4 is 19.5 Å². The van der Waals surface area contributed by atoms with Crippen LogP contribution in [-0.2, 0) is 6.54 Å². The van der Waals surface area contributed by atoms with E-state index in [1.165, 1.54) is 0 Å². The Morgan fingerprint density at radius 2 is 1.94 bits per heavy atom. The second kappa shape index (κ2) is 9.11. The Kier molecular flexibility index (Phi) is 6.11. The van der Waals surface area contributed by atoms with Crippen LogP contribution in [0, 0.1) is 5.92 Å². The third kappa shape index (κ3) is 4.35. The lowest BCUT2D eigenvalue weighted by molar-refractivity contribution is 0.171. The molecule has 2 aromatic heterocycles. The molecule has 9 nitrogen and oxygen atoms in total. The Balaban J connectivity index is 1.44. The number of hydrogen-bond donors (Lipinski definition) is 1. The normalized spacial score (nSPS) is 16.2. The van der Waals surface area contributed by atoms with E-state index < -0.39 is 0 Å². The first-order valence-electron chi connectivity index (χ1n) is 10.2. The fourth-order valence-electron chi connectivity index (χ4n) is 4.06. The number of nitrogens with one attached hydrogen (secondary N) is 1. The number of piperidine rings is 1. The molecule has 1 aliphatic rings. The number of pyridine rings is 1. The van der Waals surface area contributed by atoms with Crippen molar-refractivity contribution in [1.29, 1.82) is 0 Å². The number of fused-ring (bicyclic) bond motifs is 1. The molecule has 3 aromatic rings. The molecular formula is C22H27N5O4. The first-order chi connectivity index (χ1) is 15.1. The van der Waals surface area contributed by atoms with Gasteiger partial charge in [-0.2, -0.15) is 0 Å². The number of hydrogen-bond acceptors (Lipinski definition) is 6. The highest BCUT2D eigenvalue weighted by molar-refractivity contribution is 5.90. The largest absolute Gasteiger partial charge is 0.493 e. The average Bonchev–Trinajstić information content (AvgIpc) is 3.21. The van der Waals surface area contributed by atoms with E-state index in [-0.39, 0.29) is 6.03 Å². The van der Waals surface area contributed by atoms with Gasteiger partial charge in [0, 0.05) is 38.0 Å². The summed E-state index contributed by atoms with van der Waals surface area (Å²) in [4.78, 5) is 23.7. The number of likely N-dealkylation sites (tertiary alicyclic amines) is 1. The van der Waals surface area contributed by atoms with Crippen LogP contribution in [0.3, 0.4) is 0 Å². The van der Waals surface area contributed by atoms with Gasteiger partial charge >= 0.3 is 6.03 Å². The van der Waals surface area contributed by atoms with Gasteiger partial charge in [0.15, 0.2) is 17.1 Å². The van der Waals surface area contributed by atoms with Crippen LogP contribution in [0.25, 0.3) is 11.2 Å². The first kappa shape index (κ1) is 20.8. The second-order valence-electron chi connectivity index (χ2n) is 7.54. The monoisotopic (exact) mass is 425 g/mol. The smallest absolute Gasteiger partial charge is 0.321 e. The number of urea groups is 1. The number of anilines is 1. The van der Waals surface area contributed by atoms with E-state index in [1.807, 2.05) is 23.4 Å². The van der Waals surface area contributed by atoms with E-state index in [1.54, 1.807) is 39.7 Å². The van der Waals surface area contributed by atoms with Crippen LogP contribution in [-0.4, -0.2) is 59.9 Å². The van der Waals surface area contributed by atoms with E-state index in [4.69, 9.17) is 14.2 Å². The number of rotatable bonds is 6. The molecule has 31 heavy (non-hydrogen) atoms. The van der Waals surface area contributed by atoms with Crippen LogP contribution in [0.4, 0.5) is 10.5 Å². The van der Waals surface area contributed by atoms with Gasteiger partial charge in [-0.3, -0.25) is 0 Å². The minimum absolute atomic E-state index is 0.146. The summed E-state index contributed by atoms with van der Waals surface area (Å²) in [5.41, 5.74) is 2.35. The van der Waals surface area contributed by atoms with Gasteiger partial charge in [-0.1, -0.05) is 0 Å². The molecule has 0 radical (unpaired) electrons. The molecule has 3 heterocycles. The van der Waals surface area contributed by atoms with Gasteiger partial charge in [0.25, 0.3) is 0 Å². The number of ether oxygens (including phenoxy) is 3. The van der Waals surface area contributed by atoms with Crippen molar-refractivity contribution < 1.29 is 19.0 Å². The average molecular weight is 425 g/mol. The summed E-state index contributed by atoms with van der Waals surface area (Å²) >= 11 is 0. The molecule has 1 N–H and O–H groups in total. The zero-order chi connectivity index (χ0) is 21.8.